The van der Waals surface area contributed by atoms with Crippen LogP contribution < -0.4 is 11.1 Å². The van der Waals surface area contributed by atoms with E-state index in [1.165, 1.54) is 12.1 Å². The Balaban J connectivity index is 0.00000225. The highest BCUT2D eigenvalue weighted by Crippen LogP contribution is 2.20. The van der Waals surface area contributed by atoms with Crippen molar-refractivity contribution < 1.29 is 9.18 Å². The molecule has 0 aliphatic rings. The first-order chi connectivity index (χ1) is 7.13. The van der Waals surface area contributed by atoms with Gasteiger partial charge in [-0.3, -0.25) is 4.79 Å². The van der Waals surface area contributed by atoms with E-state index >= 15 is 0 Å². The molecule has 0 aliphatic carbocycles. The Morgan fingerprint density at radius 2 is 2.19 bits per heavy atom. The lowest BCUT2D eigenvalue weighted by Crippen LogP contribution is -2.14. The fourth-order valence-corrected chi connectivity index (χ4v) is 1.43. The molecule has 0 aromatic heterocycles. The Kier molecular flexibility index (Phi) is 7.29. The number of hydrogen-bond acceptors (Lipinski definition) is 2. The lowest BCUT2D eigenvalue weighted by atomic mass is 10.2. The summed E-state index contributed by atoms with van der Waals surface area (Å²) in [5.41, 5.74) is 5.45. The standard InChI is InChI=1S/C10H12BrFN2O.ClH/c11-7-3-4-8(12)9(6-7)14-10(15)2-1-5-13;/h3-4,6H,1-2,5,13H2,(H,14,15);1H. The molecule has 0 saturated heterocycles. The van der Waals surface area contributed by atoms with E-state index in [9.17, 15) is 9.18 Å². The van der Waals surface area contributed by atoms with Crippen LogP contribution in [-0.4, -0.2) is 12.5 Å². The van der Waals surface area contributed by atoms with Gasteiger partial charge in [-0.25, -0.2) is 4.39 Å². The number of carbonyl (C=O) groups excluding carboxylic acids is 1. The first-order valence-electron chi connectivity index (χ1n) is 4.58. The normalized spacial score (nSPS) is 9.44. The van der Waals surface area contributed by atoms with Crippen LogP contribution in [0.3, 0.4) is 0 Å². The molecule has 6 heteroatoms. The number of halogens is 3. The molecule has 1 rings (SSSR count). The van der Waals surface area contributed by atoms with Crippen molar-refractivity contribution in [1.29, 1.82) is 0 Å². The van der Waals surface area contributed by atoms with Crippen molar-refractivity contribution in [3.63, 3.8) is 0 Å². The minimum Gasteiger partial charge on any atom is -0.330 e. The van der Waals surface area contributed by atoms with Crippen LogP contribution >= 0.6 is 28.3 Å². The highest BCUT2D eigenvalue weighted by atomic mass is 79.9. The molecule has 0 atom stereocenters. The smallest absolute Gasteiger partial charge is 0.224 e. The largest absolute Gasteiger partial charge is 0.330 e. The first-order valence-corrected chi connectivity index (χ1v) is 5.37. The fraction of sp³-hybridized carbons (Fsp3) is 0.300. The van der Waals surface area contributed by atoms with Gasteiger partial charge in [0.15, 0.2) is 0 Å². The highest BCUT2D eigenvalue weighted by Gasteiger charge is 2.06. The van der Waals surface area contributed by atoms with Gasteiger partial charge >= 0.3 is 0 Å². The van der Waals surface area contributed by atoms with Crippen LogP contribution in [-0.2, 0) is 4.79 Å². The molecule has 0 spiro atoms. The second-order valence-electron chi connectivity index (χ2n) is 3.06. The third-order valence-electron chi connectivity index (χ3n) is 1.81. The van der Waals surface area contributed by atoms with E-state index in [0.717, 1.165) is 4.47 Å². The Morgan fingerprint density at radius 1 is 1.50 bits per heavy atom. The average Bonchev–Trinajstić information content (AvgIpc) is 2.20. The number of nitrogens with two attached hydrogens (primary N) is 1. The molecule has 16 heavy (non-hydrogen) atoms. The van der Waals surface area contributed by atoms with Crippen LogP contribution in [0.4, 0.5) is 10.1 Å². The van der Waals surface area contributed by atoms with Gasteiger partial charge in [0, 0.05) is 10.9 Å². The average molecular weight is 312 g/mol. The maximum absolute atomic E-state index is 13.2. The summed E-state index contributed by atoms with van der Waals surface area (Å²) in [5.74, 6) is -0.670. The summed E-state index contributed by atoms with van der Waals surface area (Å²) in [6.45, 7) is 0.453. The van der Waals surface area contributed by atoms with Crippen LogP contribution in [0.5, 0.6) is 0 Å². The SMILES string of the molecule is Cl.NCCCC(=O)Nc1cc(Br)ccc1F. The Bertz CT molecular complexity index is 363. The van der Waals surface area contributed by atoms with E-state index in [1.807, 2.05) is 0 Å². The zero-order valence-corrected chi connectivity index (χ0v) is 10.9. The number of rotatable bonds is 4. The van der Waals surface area contributed by atoms with Gasteiger partial charge in [0.25, 0.3) is 0 Å². The summed E-state index contributed by atoms with van der Waals surface area (Å²) in [5, 5.41) is 2.49. The molecular weight excluding hydrogens is 298 g/mol. The summed E-state index contributed by atoms with van der Waals surface area (Å²) >= 11 is 3.20. The predicted molar refractivity (Wildman–Crippen MR) is 68.3 cm³/mol. The Labute approximate surface area is 108 Å². The van der Waals surface area contributed by atoms with Gasteiger partial charge < -0.3 is 11.1 Å². The summed E-state index contributed by atoms with van der Waals surface area (Å²) < 4.78 is 13.9. The minimum atomic E-state index is -0.445. The molecule has 1 aromatic carbocycles. The molecule has 0 heterocycles. The second kappa shape index (κ2) is 7.60. The molecule has 0 saturated carbocycles. The number of nitrogens with one attached hydrogen (secondary N) is 1. The van der Waals surface area contributed by atoms with Crippen molar-refractivity contribution in [2.45, 2.75) is 12.8 Å². The number of anilines is 1. The van der Waals surface area contributed by atoms with E-state index in [-0.39, 0.29) is 24.0 Å². The third-order valence-corrected chi connectivity index (χ3v) is 2.30. The molecule has 1 amide bonds. The molecular formula is C10H13BrClFN2O. The predicted octanol–water partition coefficient (Wildman–Crippen LogP) is 2.69. The van der Waals surface area contributed by atoms with Crippen LogP contribution in [0.2, 0.25) is 0 Å². The van der Waals surface area contributed by atoms with Crippen molar-refractivity contribution in [2.75, 3.05) is 11.9 Å². The van der Waals surface area contributed by atoms with E-state index in [2.05, 4.69) is 21.2 Å². The van der Waals surface area contributed by atoms with Gasteiger partial charge in [0.2, 0.25) is 5.91 Å². The maximum atomic E-state index is 13.2. The number of carbonyl (C=O) groups is 1. The van der Waals surface area contributed by atoms with Crippen LogP contribution in [0.1, 0.15) is 12.8 Å². The van der Waals surface area contributed by atoms with E-state index < -0.39 is 5.82 Å². The van der Waals surface area contributed by atoms with Crippen molar-refractivity contribution in [3.8, 4) is 0 Å². The van der Waals surface area contributed by atoms with Gasteiger partial charge in [-0.15, -0.1) is 12.4 Å². The van der Waals surface area contributed by atoms with Crippen LogP contribution in [0.25, 0.3) is 0 Å². The van der Waals surface area contributed by atoms with Gasteiger partial charge in [-0.2, -0.15) is 0 Å². The minimum absolute atomic E-state index is 0. The molecule has 3 nitrogen and oxygen atoms in total. The van der Waals surface area contributed by atoms with E-state index in [4.69, 9.17) is 5.73 Å². The summed E-state index contributed by atoms with van der Waals surface area (Å²) in [6, 6.07) is 4.39. The molecule has 90 valence electrons. The zero-order valence-electron chi connectivity index (χ0n) is 8.50. The summed E-state index contributed by atoms with van der Waals surface area (Å²) in [7, 11) is 0. The number of hydrogen-bond donors (Lipinski definition) is 2. The highest BCUT2D eigenvalue weighted by molar-refractivity contribution is 9.10. The van der Waals surface area contributed by atoms with E-state index in [0.29, 0.717) is 19.4 Å². The van der Waals surface area contributed by atoms with Crippen molar-refractivity contribution in [2.24, 2.45) is 5.73 Å². The molecule has 0 bridgehead atoms. The number of benzene rings is 1. The Morgan fingerprint density at radius 3 is 2.81 bits per heavy atom. The van der Waals surface area contributed by atoms with Gasteiger partial charge in [-0.05, 0) is 31.2 Å². The molecule has 3 N–H and O–H groups in total. The maximum Gasteiger partial charge on any atom is 0.224 e. The lowest BCUT2D eigenvalue weighted by molar-refractivity contribution is -0.116. The Hall–Kier alpha value is -0.650. The topological polar surface area (TPSA) is 55.1 Å². The zero-order chi connectivity index (χ0) is 11.3. The number of amides is 1. The molecule has 0 unspecified atom stereocenters. The van der Waals surface area contributed by atoms with Gasteiger partial charge in [0.05, 0.1) is 5.69 Å². The van der Waals surface area contributed by atoms with Crippen LogP contribution in [0.15, 0.2) is 22.7 Å². The van der Waals surface area contributed by atoms with Gasteiger partial charge in [-0.1, -0.05) is 15.9 Å². The summed E-state index contributed by atoms with van der Waals surface area (Å²) in [4.78, 5) is 11.3. The van der Waals surface area contributed by atoms with Crippen molar-refractivity contribution in [1.82, 2.24) is 0 Å². The van der Waals surface area contributed by atoms with Crippen molar-refractivity contribution in [3.05, 3.63) is 28.5 Å². The van der Waals surface area contributed by atoms with Crippen molar-refractivity contribution >= 4 is 39.9 Å². The van der Waals surface area contributed by atoms with E-state index in [1.54, 1.807) is 6.07 Å². The molecule has 1 aromatic rings. The second-order valence-corrected chi connectivity index (χ2v) is 3.98. The molecule has 0 fully saturated rings. The fourth-order valence-electron chi connectivity index (χ4n) is 1.07. The summed E-state index contributed by atoms with van der Waals surface area (Å²) in [6.07, 6.45) is 0.907. The molecule has 0 radical (unpaired) electrons. The molecule has 0 aliphatic heterocycles. The first kappa shape index (κ1) is 15.3. The van der Waals surface area contributed by atoms with Gasteiger partial charge in [0.1, 0.15) is 5.82 Å². The lowest BCUT2D eigenvalue weighted by Gasteiger charge is -2.06. The quantitative estimate of drug-likeness (QED) is 0.898. The van der Waals surface area contributed by atoms with Crippen LogP contribution in [0, 0.1) is 5.82 Å². The third kappa shape index (κ3) is 4.92. The monoisotopic (exact) mass is 310 g/mol.